The zero-order valence-electron chi connectivity index (χ0n) is 14.3. The van der Waals surface area contributed by atoms with Crippen molar-refractivity contribution in [1.29, 1.82) is 0 Å². The molecule has 126 valence electrons. The van der Waals surface area contributed by atoms with Gasteiger partial charge in [-0.3, -0.25) is 4.79 Å². The maximum Gasteiger partial charge on any atom is 0.328 e. The predicted octanol–water partition coefficient (Wildman–Crippen LogP) is 1.97. The summed E-state index contributed by atoms with van der Waals surface area (Å²) >= 11 is 0. The Hall–Kier alpha value is -1.88. The molecule has 2 N–H and O–H groups in total. The standard InChI is InChI=1S/C18H26N2O3/c1-12(2)11-15(16(21)23-4)20-10-9-18(19,17(20)22)14-7-5-13(3)6-8-14/h5-8,12,15H,9-11,19H2,1-4H3/t15-,18-/m1/s1. The van der Waals surface area contributed by atoms with Gasteiger partial charge < -0.3 is 15.4 Å². The number of methoxy groups -OCH3 is 1. The Bertz CT molecular complexity index is 582. The number of carbonyl (C=O) groups is 2. The molecule has 1 amide bonds. The van der Waals surface area contributed by atoms with E-state index in [2.05, 4.69) is 0 Å². The third-order valence-electron chi connectivity index (χ3n) is 4.50. The zero-order chi connectivity index (χ0) is 17.2. The van der Waals surface area contributed by atoms with Crippen molar-refractivity contribution in [3.05, 3.63) is 35.4 Å². The van der Waals surface area contributed by atoms with Crippen LogP contribution in [0.3, 0.4) is 0 Å². The molecule has 1 fully saturated rings. The van der Waals surface area contributed by atoms with Gasteiger partial charge in [-0.1, -0.05) is 43.7 Å². The van der Waals surface area contributed by atoms with E-state index < -0.39 is 11.6 Å². The second kappa shape index (κ2) is 6.71. The molecule has 1 aliphatic heterocycles. The Morgan fingerprint density at radius 2 is 1.96 bits per heavy atom. The molecule has 0 bridgehead atoms. The summed E-state index contributed by atoms with van der Waals surface area (Å²) in [5.41, 5.74) is 7.29. The van der Waals surface area contributed by atoms with Crippen molar-refractivity contribution in [1.82, 2.24) is 4.90 Å². The highest BCUT2D eigenvalue weighted by molar-refractivity contribution is 5.93. The van der Waals surface area contributed by atoms with E-state index in [1.807, 2.05) is 45.0 Å². The van der Waals surface area contributed by atoms with Crippen molar-refractivity contribution < 1.29 is 14.3 Å². The van der Waals surface area contributed by atoms with Crippen LogP contribution in [-0.2, 0) is 19.9 Å². The number of hydrogen-bond acceptors (Lipinski definition) is 4. The molecule has 5 nitrogen and oxygen atoms in total. The number of hydrogen-bond donors (Lipinski definition) is 1. The first-order valence-electron chi connectivity index (χ1n) is 8.04. The summed E-state index contributed by atoms with van der Waals surface area (Å²) in [4.78, 5) is 26.7. The van der Waals surface area contributed by atoms with Gasteiger partial charge in [0, 0.05) is 6.54 Å². The summed E-state index contributed by atoms with van der Waals surface area (Å²) < 4.78 is 4.89. The van der Waals surface area contributed by atoms with E-state index >= 15 is 0 Å². The highest BCUT2D eigenvalue weighted by Crippen LogP contribution is 2.33. The van der Waals surface area contributed by atoms with Crippen molar-refractivity contribution >= 4 is 11.9 Å². The van der Waals surface area contributed by atoms with Crippen LogP contribution in [0.2, 0.25) is 0 Å². The molecule has 0 aliphatic carbocycles. The summed E-state index contributed by atoms with van der Waals surface area (Å²) in [6.07, 6.45) is 1.07. The molecular weight excluding hydrogens is 292 g/mol. The lowest BCUT2D eigenvalue weighted by Gasteiger charge is -2.29. The molecular formula is C18H26N2O3. The van der Waals surface area contributed by atoms with Crippen LogP contribution in [0.4, 0.5) is 0 Å². The van der Waals surface area contributed by atoms with E-state index in [0.29, 0.717) is 19.4 Å². The molecule has 23 heavy (non-hydrogen) atoms. The molecule has 2 rings (SSSR count). The van der Waals surface area contributed by atoms with Crippen LogP contribution < -0.4 is 5.73 Å². The molecule has 0 spiro atoms. The topological polar surface area (TPSA) is 72.6 Å². The van der Waals surface area contributed by atoms with Gasteiger partial charge >= 0.3 is 5.97 Å². The van der Waals surface area contributed by atoms with Crippen molar-refractivity contribution in [3.8, 4) is 0 Å². The minimum absolute atomic E-state index is 0.197. The number of benzene rings is 1. The van der Waals surface area contributed by atoms with Crippen LogP contribution >= 0.6 is 0 Å². The molecule has 0 aromatic heterocycles. The van der Waals surface area contributed by atoms with Crippen molar-refractivity contribution in [3.63, 3.8) is 0 Å². The number of esters is 1. The van der Waals surface area contributed by atoms with Crippen LogP contribution in [-0.4, -0.2) is 36.5 Å². The molecule has 5 heteroatoms. The van der Waals surface area contributed by atoms with E-state index in [9.17, 15) is 9.59 Å². The average Bonchev–Trinajstić information content (AvgIpc) is 2.81. The van der Waals surface area contributed by atoms with Gasteiger partial charge in [0.25, 0.3) is 0 Å². The quantitative estimate of drug-likeness (QED) is 0.843. The Balaban J connectivity index is 2.28. The Labute approximate surface area is 137 Å². The summed E-state index contributed by atoms with van der Waals surface area (Å²) in [5.74, 6) is -0.295. The number of amides is 1. The summed E-state index contributed by atoms with van der Waals surface area (Å²) in [6, 6.07) is 7.12. The predicted molar refractivity (Wildman–Crippen MR) is 88.6 cm³/mol. The molecule has 0 saturated carbocycles. The van der Waals surface area contributed by atoms with E-state index in [0.717, 1.165) is 11.1 Å². The fourth-order valence-electron chi connectivity index (χ4n) is 3.11. The SMILES string of the molecule is COC(=O)[C@@H](CC(C)C)N1CC[C@@](N)(c2ccc(C)cc2)C1=O. The molecule has 1 aromatic rings. The first-order valence-corrected chi connectivity index (χ1v) is 8.04. The molecule has 1 saturated heterocycles. The Morgan fingerprint density at radius 3 is 2.48 bits per heavy atom. The maximum atomic E-state index is 12.9. The molecule has 0 radical (unpaired) electrons. The van der Waals surface area contributed by atoms with E-state index in [1.165, 1.54) is 7.11 Å². The normalized spacial score (nSPS) is 22.5. The zero-order valence-corrected chi connectivity index (χ0v) is 14.3. The highest BCUT2D eigenvalue weighted by Gasteiger charge is 2.48. The van der Waals surface area contributed by atoms with Gasteiger partial charge in [0.15, 0.2) is 0 Å². The maximum absolute atomic E-state index is 12.9. The van der Waals surface area contributed by atoms with Crippen LogP contribution in [0, 0.1) is 12.8 Å². The average molecular weight is 318 g/mol. The fraction of sp³-hybridized carbons (Fsp3) is 0.556. The molecule has 0 unspecified atom stereocenters. The second-order valence-electron chi connectivity index (χ2n) is 6.75. The number of ether oxygens (including phenoxy) is 1. The number of aryl methyl sites for hydroxylation is 1. The van der Waals surface area contributed by atoms with Gasteiger partial charge in [0.05, 0.1) is 7.11 Å². The number of nitrogens with two attached hydrogens (primary N) is 1. The summed E-state index contributed by atoms with van der Waals surface area (Å²) in [5, 5.41) is 0. The van der Waals surface area contributed by atoms with Crippen molar-refractivity contribution in [2.24, 2.45) is 11.7 Å². The van der Waals surface area contributed by atoms with Crippen LogP contribution in [0.1, 0.15) is 37.8 Å². The first-order chi connectivity index (χ1) is 10.8. The van der Waals surface area contributed by atoms with Gasteiger partial charge in [-0.25, -0.2) is 4.79 Å². The molecule has 2 atom stereocenters. The number of likely N-dealkylation sites (tertiary alicyclic amines) is 1. The summed E-state index contributed by atoms with van der Waals surface area (Å²) in [6.45, 7) is 6.50. The number of carbonyl (C=O) groups excluding carboxylic acids is 2. The lowest BCUT2D eigenvalue weighted by Crippen LogP contribution is -2.50. The van der Waals surface area contributed by atoms with Crippen LogP contribution in [0.5, 0.6) is 0 Å². The minimum atomic E-state index is -1.06. The smallest absolute Gasteiger partial charge is 0.328 e. The molecule has 1 aliphatic rings. The van der Waals surface area contributed by atoms with Gasteiger partial charge in [-0.05, 0) is 31.2 Å². The van der Waals surface area contributed by atoms with Crippen LogP contribution in [0.25, 0.3) is 0 Å². The Kier molecular flexibility index (Phi) is 5.09. The van der Waals surface area contributed by atoms with Crippen molar-refractivity contribution in [2.45, 2.75) is 45.2 Å². The second-order valence-corrected chi connectivity index (χ2v) is 6.75. The monoisotopic (exact) mass is 318 g/mol. The number of nitrogens with zero attached hydrogens (tertiary/aromatic N) is 1. The fourth-order valence-corrected chi connectivity index (χ4v) is 3.11. The van der Waals surface area contributed by atoms with Gasteiger partial charge in [-0.15, -0.1) is 0 Å². The van der Waals surface area contributed by atoms with E-state index in [1.54, 1.807) is 4.90 Å². The lowest BCUT2D eigenvalue weighted by molar-refractivity contribution is -0.153. The van der Waals surface area contributed by atoms with E-state index in [4.69, 9.17) is 10.5 Å². The third kappa shape index (κ3) is 3.39. The van der Waals surface area contributed by atoms with Gasteiger partial charge in [-0.2, -0.15) is 0 Å². The van der Waals surface area contributed by atoms with Gasteiger partial charge in [0.1, 0.15) is 11.6 Å². The van der Waals surface area contributed by atoms with E-state index in [-0.39, 0.29) is 17.8 Å². The van der Waals surface area contributed by atoms with Crippen molar-refractivity contribution in [2.75, 3.05) is 13.7 Å². The number of rotatable bonds is 5. The summed E-state index contributed by atoms with van der Waals surface area (Å²) in [7, 11) is 1.35. The first kappa shape index (κ1) is 17.5. The minimum Gasteiger partial charge on any atom is -0.467 e. The third-order valence-corrected chi connectivity index (χ3v) is 4.50. The van der Waals surface area contributed by atoms with Crippen LogP contribution in [0.15, 0.2) is 24.3 Å². The molecule has 1 aromatic carbocycles. The van der Waals surface area contributed by atoms with Gasteiger partial charge in [0.2, 0.25) is 5.91 Å². The molecule has 1 heterocycles. The largest absolute Gasteiger partial charge is 0.467 e. The Morgan fingerprint density at radius 1 is 1.35 bits per heavy atom. The lowest BCUT2D eigenvalue weighted by atomic mass is 9.89. The highest BCUT2D eigenvalue weighted by atomic mass is 16.5.